The van der Waals surface area contributed by atoms with Gasteiger partial charge in [0.15, 0.2) is 5.82 Å². The highest BCUT2D eigenvalue weighted by molar-refractivity contribution is 5.90. The van der Waals surface area contributed by atoms with Crippen LogP contribution in [0.15, 0.2) is 40.1 Å². The summed E-state index contributed by atoms with van der Waals surface area (Å²) in [5, 5.41) is 16.6. The van der Waals surface area contributed by atoms with Crippen molar-refractivity contribution in [1.82, 2.24) is 14.3 Å². The number of rotatable bonds is 6. The van der Waals surface area contributed by atoms with Gasteiger partial charge in [-0.1, -0.05) is 12.1 Å². The predicted octanol–water partition coefficient (Wildman–Crippen LogP) is 2.83. The lowest BCUT2D eigenvalue weighted by atomic mass is 10.00. The van der Waals surface area contributed by atoms with Crippen molar-refractivity contribution in [3.63, 3.8) is 0 Å². The first-order valence-corrected chi connectivity index (χ1v) is 9.81. The zero-order valence-corrected chi connectivity index (χ0v) is 16.9. The number of hydrogen-bond acceptors (Lipinski definition) is 5. The van der Waals surface area contributed by atoms with Crippen LogP contribution in [0.25, 0.3) is 10.8 Å². The van der Waals surface area contributed by atoms with Crippen LogP contribution < -0.4 is 16.4 Å². The van der Waals surface area contributed by atoms with Crippen molar-refractivity contribution < 1.29 is 18.3 Å². The van der Waals surface area contributed by atoms with Gasteiger partial charge < -0.3 is 15.0 Å². The van der Waals surface area contributed by atoms with Gasteiger partial charge in [0.05, 0.1) is 17.0 Å². The summed E-state index contributed by atoms with van der Waals surface area (Å²) in [7, 11) is 1.42. The summed E-state index contributed by atoms with van der Waals surface area (Å²) in [6.07, 6.45) is 3.28. The summed E-state index contributed by atoms with van der Waals surface area (Å²) in [5.74, 6) is -4.63. The van der Waals surface area contributed by atoms with Crippen LogP contribution in [-0.2, 0) is 13.0 Å². The number of benzene rings is 1. The van der Waals surface area contributed by atoms with E-state index in [2.05, 4.69) is 10.4 Å². The highest BCUT2D eigenvalue weighted by atomic mass is 19.3. The number of hydrogen-bond donors (Lipinski definition) is 2. The van der Waals surface area contributed by atoms with E-state index in [1.807, 2.05) is 0 Å². The number of aryl methyl sites for hydroxylation is 1. The largest absolute Gasteiger partial charge is 0.390 e. The average molecular weight is 434 g/mol. The number of nitrogens with zero attached hydrogens (tertiary/aromatic N) is 3. The van der Waals surface area contributed by atoms with E-state index >= 15 is 0 Å². The second-order valence-corrected chi connectivity index (χ2v) is 7.79. The normalized spacial score (nSPS) is 15.3. The third kappa shape index (κ3) is 3.71. The molecule has 4 rings (SSSR count). The molecule has 2 heterocycles. The van der Waals surface area contributed by atoms with E-state index in [9.17, 15) is 22.8 Å². The average Bonchev–Trinajstić information content (AvgIpc) is 3.56. The number of aromatic nitrogens is 3. The maximum absolute atomic E-state index is 14.8. The molecule has 1 saturated carbocycles. The van der Waals surface area contributed by atoms with Crippen molar-refractivity contribution in [2.75, 3.05) is 11.9 Å². The number of nitrogens with one attached hydrogen (secondary N) is 1. The molecule has 10 heteroatoms. The van der Waals surface area contributed by atoms with Crippen LogP contribution in [0, 0.1) is 5.82 Å². The molecule has 1 aliphatic carbocycles. The zero-order chi connectivity index (χ0) is 22.5. The molecule has 7 nitrogen and oxygen atoms in total. The van der Waals surface area contributed by atoms with Gasteiger partial charge >= 0.3 is 0 Å². The van der Waals surface area contributed by atoms with E-state index in [4.69, 9.17) is 5.11 Å². The minimum Gasteiger partial charge on any atom is -0.390 e. The van der Waals surface area contributed by atoms with Gasteiger partial charge in [0, 0.05) is 36.3 Å². The number of aliphatic hydroxyl groups is 1. The molecular weight excluding hydrogens is 413 g/mol. The number of anilines is 1. The van der Waals surface area contributed by atoms with Crippen LogP contribution >= 0.6 is 0 Å². The molecule has 0 spiro atoms. The molecule has 0 aliphatic heterocycles. The van der Waals surface area contributed by atoms with Gasteiger partial charge in [-0.3, -0.25) is 9.59 Å². The minimum atomic E-state index is -3.72. The Morgan fingerprint density at radius 3 is 2.65 bits per heavy atom. The van der Waals surface area contributed by atoms with E-state index < -0.39 is 35.5 Å². The lowest BCUT2D eigenvalue weighted by Gasteiger charge is -2.21. The van der Waals surface area contributed by atoms with Gasteiger partial charge in [-0.05, 0) is 25.8 Å². The Labute approximate surface area is 174 Å². The standard InChI is InChI=1S/C21H21F3N4O3/c1-11(13-4-3-5-16(18(13)22)21(23,24)10-29)25-19-15-9-28(12-6-7-12)17(30)8-14(15)20(31)27(2)26-19/h3-5,8-9,11-12,29H,6-7,10H2,1-2H3,(H,25,26)/t11-/m1/s1. The van der Waals surface area contributed by atoms with E-state index in [0.29, 0.717) is 5.39 Å². The predicted molar refractivity (Wildman–Crippen MR) is 109 cm³/mol. The van der Waals surface area contributed by atoms with Crippen molar-refractivity contribution in [3.05, 3.63) is 68.1 Å². The number of pyridine rings is 1. The van der Waals surface area contributed by atoms with Crippen LogP contribution in [0.2, 0.25) is 0 Å². The summed E-state index contributed by atoms with van der Waals surface area (Å²) >= 11 is 0. The second-order valence-electron chi connectivity index (χ2n) is 7.79. The molecular formula is C21H21F3N4O3. The molecule has 0 unspecified atom stereocenters. The Hall–Kier alpha value is -3.14. The molecule has 1 aromatic carbocycles. The summed E-state index contributed by atoms with van der Waals surface area (Å²) in [6, 6.07) is 4.10. The van der Waals surface area contributed by atoms with Crippen LogP contribution in [-0.4, -0.2) is 26.1 Å². The first-order chi connectivity index (χ1) is 14.6. The third-order valence-electron chi connectivity index (χ3n) is 5.49. The molecule has 0 amide bonds. The molecule has 1 atom stereocenters. The minimum absolute atomic E-state index is 0.0510. The second kappa shape index (κ2) is 7.52. The third-order valence-corrected chi connectivity index (χ3v) is 5.49. The molecule has 2 aromatic heterocycles. The van der Waals surface area contributed by atoms with Crippen molar-refractivity contribution in [1.29, 1.82) is 0 Å². The van der Waals surface area contributed by atoms with Crippen molar-refractivity contribution in [3.8, 4) is 0 Å². The van der Waals surface area contributed by atoms with E-state index in [1.165, 1.54) is 25.2 Å². The summed E-state index contributed by atoms with van der Waals surface area (Å²) in [6.45, 7) is 0.0513. The van der Waals surface area contributed by atoms with E-state index in [-0.39, 0.29) is 28.4 Å². The van der Waals surface area contributed by atoms with E-state index in [1.54, 1.807) is 17.7 Å². The molecule has 31 heavy (non-hydrogen) atoms. The Balaban J connectivity index is 1.79. The summed E-state index contributed by atoms with van der Waals surface area (Å²) in [5.41, 5.74) is -1.70. The fourth-order valence-corrected chi connectivity index (χ4v) is 3.62. The number of aliphatic hydroxyl groups excluding tert-OH is 1. The highest BCUT2D eigenvalue weighted by Crippen LogP contribution is 2.35. The SMILES string of the molecule is C[C@@H](Nc1nn(C)c(=O)c2cc(=O)n(C3CC3)cc12)c1cccc(C(F)(F)CO)c1F. The molecule has 1 aliphatic rings. The Bertz CT molecular complexity index is 1280. The number of halogens is 3. The quantitative estimate of drug-likeness (QED) is 0.623. The van der Waals surface area contributed by atoms with Crippen LogP contribution in [0.1, 0.15) is 43.0 Å². The smallest absolute Gasteiger partial charge is 0.298 e. The lowest BCUT2D eigenvalue weighted by molar-refractivity contribution is -0.0583. The van der Waals surface area contributed by atoms with Crippen LogP contribution in [0.3, 0.4) is 0 Å². The Morgan fingerprint density at radius 1 is 1.29 bits per heavy atom. The van der Waals surface area contributed by atoms with Crippen molar-refractivity contribution in [2.24, 2.45) is 7.05 Å². The zero-order valence-electron chi connectivity index (χ0n) is 16.9. The highest BCUT2D eigenvalue weighted by Gasteiger charge is 2.35. The van der Waals surface area contributed by atoms with Gasteiger partial charge in [-0.15, -0.1) is 0 Å². The molecule has 2 N–H and O–H groups in total. The molecule has 0 radical (unpaired) electrons. The molecule has 0 bridgehead atoms. The maximum Gasteiger partial charge on any atom is 0.298 e. The number of fused-ring (bicyclic) bond motifs is 1. The molecule has 164 valence electrons. The topological polar surface area (TPSA) is 89.2 Å². The first-order valence-electron chi connectivity index (χ1n) is 9.81. The fraction of sp³-hybridized carbons (Fsp3) is 0.381. The first kappa shape index (κ1) is 21.1. The van der Waals surface area contributed by atoms with Crippen molar-refractivity contribution in [2.45, 2.75) is 37.8 Å². The summed E-state index contributed by atoms with van der Waals surface area (Å²) in [4.78, 5) is 24.9. The lowest BCUT2D eigenvalue weighted by Crippen LogP contribution is -2.26. The van der Waals surface area contributed by atoms with Crippen LogP contribution in [0.4, 0.5) is 19.0 Å². The summed E-state index contributed by atoms with van der Waals surface area (Å²) < 4.78 is 45.2. The maximum atomic E-state index is 14.8. The van der Waals surface area contributed by atoms with Crippen molar-refractivity contribution >= 4 is 16.6 Å². The molecule has 0 saturated heterocycles. The molecule has 3 aromatic rings. The Kier molecular flexibility index (Phi) is 5.12. The van der Waals surface area contributed by atoms with Gasteiger partial charge in [0.25, 0.3) is 17.0 Å². The van der Waals surface area contributed by atoms with Gasteiger partial charge in [0.1, 0.15) is 12.4 Å². The van der Waals surface area contributed by atoms with Gasteiger partial charge in [-0.25, -0.2) is 9.07 Å². The molecule has 1 fully saturated rings. The van der Waals surface area contributed by atoms with E-state index in [0.717, 1.165) is 23.6 Å². The fourth-order valence-electron chi connectivity index (χ4n) is 3.62. The monoisotopic (exact) mass is 434 g/mol. The van der Waals surface area contributed by atoms with Gasteiger partial charge in [-0.2, -0.15) is 13.9 Å². The van der Waals surface area contributed by atoms with Gasteiger partial charge in [0.2, 0.25) is 0 Å². The Morgan fingerprint density at radius 2 is 2.00 bits per heavy atom. The van der Waals surface area contributed by atoms with Crippen LogP contribution in [0.5, 0.6) is 0 Å². The number of alkyl halides is 2.